The molecule has 1 heterocycles. The maximum absolute atomic E-state index is 10.8. The smallest absolute Gasteiger partial charge is 0.262 e. The van der Waals surface area contributed by atoms with E-state index in [1.165, 1.54) is 6.20 Å². The molecule has 0 amide bonds. The molecule has 0 radical (unpaired) electrons. The van der Waals surface area contributed by atoms with Gasteiger partial charge in [0.05, 0.1) is 12.4 Å². The van der Waals surface area contributed by atoms with Crippen molar-refractivity contribution in [1.29, 1.82) is 0 Å². The van der Waals surface area contributed by atoms with Crippen LogP contribution in [0.4, 0.5) is 0 Å². The molecule has 0 aliphatic rings. The van der Waals surface area contributed by atoms with Crippen LogP contribution in [-0.2, 0) is 14.3 Å². The van der Waals surface area contributed by atoms with E-state index in [1.807, 2.05) is 0 Å². The average molecular weight is 236 g/mol. The summed E-state index contributed by atoms with van der Waals surface area (Å²) in [5.74, 6) is 0. The number of hydrogen-bond acceptors (Lipinski definition) is 4. The van der Waals surface area contributed by atoms with Crippen LogP contribution in [0.3, 0.4) is 0 Å². The Morgan fingerprint density at radius 3 is 2.71 bits per heavy atom. The van der Waals surface area contributed by atoms with Gasteiger partial charge in [0.15, 0.2) is 0 Å². The van der Waals surface area contributed by atoms with Crippen LogP contribution in [0.2, 0.25) is 5.15 Å². The number of hydrogen-bond donors (Lipinski definition) is 0. The van der Waals surface area contributed by atoms with E-state index in [0.29, 0.717) is 10.7 Å². The number of pyridine rings is 1. The normalized spacial score (nSPS) is 13.9. The van der Waals surface area contributed by atoms with E-state index < -0.39 is 16.2 Å². The van der Waals surface area contributed by atoms with Gasteiger partial charge in [-0.1, -0.05) is 11.6 Å². The van der Waals surface area contributed by atoms with Gasteiger partial charge in [0, 0.05) is 6.20 Å². The topological polar surface area (TPSA) is 56.3 Å². The van der Waals surface area contributed by atoms with E-state index in [2.05, 4.69) is 4.98 Å². The number of nitrogens with zero attached hydrogens (tertiary/aromatic N) is 1. The molecule has 1 rings (SSSR count). The Kier molecular flexibility index (Phi) is 3.47. The maximum atomic E-state index is 10.8. The molecule has 4 nitrogen and oxygen atoms in total. The Hall–Kier alpha value is -0.650. The summed E-state index contributed by atoms with van der Waals surface area (Å²) in [5.41, 5.74) is 0.676. The standard InChI is InChI=1S/C8H10ClNO3S/c1-6(13-14(2,11)12)7-3-4-10-8(9)5-7/h3-6H,1-2H3. The summed E-state index contributed by atoms with van der Waals surface area (Å²) in [4.78, 5) is 3.78. The maximum Gasteiger partial charge on any atom is 0.264 e. The monoisotopic (exact) mass is 235 g/mol. The fourth-order valence-electron chi connectivity index (χ4n) is 0.988. The van der Waals surface area contributed by atoms with Crippen LogP contribution in [0, 0.1) is 0 Å². The third-order valence-corrected chi connectivity index (χ3v) is 2.38. The summed E-state index contributed by atoms with van der Waals surface area (Å²) in [6, 6.07) is 3.22. The minimum absolute atomic E-state index is 0.312. The molecule has 0 bridgehead atoms. The fraction of sp³-hybridized carbons (Fsp3) is 0.375. The second kappa shape index (κ2) is 4.25. The van der Waals surface area contributed by atoms with Crippen LogP contribution in [0.15, 0.2) is 18.3 Å². The van der Waals surface area contributed by atoms with Crippen molar-refractivity contribution in [3.63, 3.8) is 0 Å². The molecule has 0 saturated carbocycles. The van der Waals surface area contributed by atoms with E-state index in [4.69, 9.17) is 15.8 Å². The molecule has 0 aliphatic heterocycles. The molecular formula is C8H10ClNO3S. The number of rotatable bonds is 3. The highest BCUT2D eigenvalue weighted by Gasteiger charge is 2.12. The molecule has 0 fully saturated rings. The Morgan fingerprint density at radius 2 is 2.21 bits per heavy atom. The van der Waals surface area contributed by atoms with Crippen molar-refractivity contribution >= 4 is 21.7 Å². The Bertz CT molecular complexity index is 418. The van der Waals surface area contributed by atoms with Crippen molar-refractivity contribution in [2.75, 3.05) is 6.26 Å². The van der Waals surface area contributed by atoms with Gasteiger partial charge >= 0.3 is 0 Å². The molecular weight excluding hydrogens is 226 g/mol. The minimum atomic E-state index is -3.45. The van der Waals surface area contributed by atoms with Crippen molar-refractivity contribution in [1.82, 2.24) is 4.98 Å². The fourth-order valence-corrected chi connectivity index (χ4v) is 1.81. The van der Waals surface area contributed by atoms with Crippen LogP contribution >= 0.6 is 11.6 Å². The zero-order valence-electron chi connectivity index (χ0n) is 7.77. The number of halogens is 1. The van der Waals surface area contributed by atoms with Gasteiger partial charge in [-0.15, -0.1) is 0 Å². The summed E-state index contributed by atoms with van der Waals surface area (Å²) < 4.78 is 26.4. The SMILES string of the molecule is CC(OS(C)(=O)=O)c1ccnc(Cl)c1. The van der Waals surface area contributed by atoms with Gasteiger partial charge in [-0.2, -0.15) is 8.42 Å². The van der Waals surface area contributed by atoms with Gasteiger partial charge < -0.3 is 0 Å². The first kappa shape index (κ1) is 11.4. The summed E-state index contributed by atoms with van der Waals surface area (Å²) >= 11 is 5.64. The summed E-state index contributed by atoms with van der Waals surface area (Å²) in [5, 5.41) is 0.312. The highest BCUT2D eigenvalue weighted by atomic mass is 35.5. The van der Waals surface area contributed by atoms with Gasteiger partial charge in [-0.05, 0) is 24.6 Å². The van der Waals surface area contributed by atoms with E-state index >= 15 is 0 Å². The van der Waals surface area contributed by atoms with Crippen LogP contribution < -0.4 is 0 Å². The molecule has 6 heteroatoms. The average Bonchev–Trinajstić information content (AvgIpc) is 2.01. The quantitative estimate of drug-likeness (QED) is 0.592. The zero-order valence-corrected chi connectivity index (χ0v) is 9.34. The third kappa shape index (κ3) is 3.61. The highest BCUT2D eigenvalue weighted by Crippen LogP contribution is 2.20. The van der Waals surface area contributed by atoms with E-state index in [1.54, 1.807) is 19.1 Å². The lowest BCUT2D eigenvalue weighted by Crippen LogP contribution is -2.07. The van der Waals surface area contributed by atoms with Crippen LogP contribution in [0.1, 0.15) is 18.6 Å². The summed E-state index contributed by atoms with van der Waals surface area (Å²) in [6.45, 7) is 1.63. The second-order valence-electron chi connectivity index (χ2n) is 2.85. The van der Waals surface area contributed by atoms with E-state index in [0.717, 1.165) is 6.26 Å². The first-order valence-electron chi connectivity index (χ1n) is 3.88. The van der Waals surface area contributed by atoms with Gasteiger partial charge in [-0.3, -0.25) is 4.18 Å². The van der Waals surface area contributed by atoms with Crippen molar-refractivity contribution in [3.8, 4) is 0 Å². The summed E-state index contributed by atoms with van der Waals surface area (Å²) in [6.07, 6.45) is 1.96. The van der Waals surface area contributed by atoms with Crippen molar-refractivity contribution in [2.45, 2.75) is 13.0 Å². The number of aromatic nitrogens is 1. The van der Waals surface area contributed by atoms with Crippen molar-refractivity contribution in [3.05, 3.63) is 29.0 Å². The highest BCUT2D eigenvalue weighted by molar-refractivity contribution is 7.86. The van der Waals surface area contributed by atoms with E-state index in [-0.39, 0.29) is 0 Å². The second-order valence-corrected chi connectivity index (χ2v) is 4.84. The molecule has 1 unspecified atom stereocenters. The Morgan fingerprint density at radius 1 is 1.57 bits per heavy atom. The molecule has 1 atom stereocenters. The van der Waals surface area contributed by atoms with E-state index in [9.17, 15) is 8.42 Å². The van der Waals surface area contributed by atoms with Gasteiger partial charge in [0.2, 0.25) is 0 Å². The molecule has 0 spiro atoms. The molecule has 78 valence electrons. The summed E-state index contributed by atoms with van der Waals surface area (Å²) in [7, 11) is -3.45. The molecule has 14 heavy (non-hydrogen) atoms. The third-order valence-electron chi connectivity index (χ3n) is 1.54. The van der Waals surface area contributed by atoms with Crippen LogP contribution in [0.25, 0.3) is 0 Å². The minimum Gasteiger partial charge on any atom is -0.262 e. The molecule has 0 N–H and O–H groups in total. The Balaban J connectivity index is 2.85. The van der Waals surface area contributed by atoms with Crippen LogP contribution in [0.5, 0.6) is 0 Å². The van der Waals surface area contributed by atoms with Crippen LogP contribution in [-0.4, -0.2) is 19.7 Å². The molecule has 1 aromatic heterocycles. The first-order valence-corrected chi connectivity index (χ1v) is 6.07. The lowest BCUT2D eigenvalue weighted by molar-refractivity contribution is 0.236. The lowest BCUT2D eigenvalue weighted by Gasteiger charge is -2.10. The van der Waals surface area contributed by atoms with Gasteiger partial charge in [0.25, 0.3) is 10.1 Å². The van der Waals surface area contributed by atoms with Crippen molar-refractivity contribution in [2.24, 2.45) is 0 Å². The van der Waals surface area contributed by atoms with Gasteiger partial charge in [0.1, 0.15) is 5.15 Å². The lowest BCUT2D eigenvalue weighted by atomic mass is 10.2. The molecule has 0 saturated heterocycles. The molecule has 1 aromatic rings. The predicted octanol–water partition coefficient (Wildman–Crippen LogP) is 1.77. The van der Waals surface area contributed by atoms with Gasteiger partial charge in [-0.25, -0.2) is 4.98 Å². The molecule has 0 aliphatic carbocycles. The van der Waals surface area contributed by atoms with Crippen molar-refractivity contribution < 1.29 is 12.6 Å². The first-order chi connectivity index (χ1) is 6.38. The molecule has 0 aromatic carbocycles. The predicted molar refractivity (Wildman–Crippen MR) is 53.6 cm³/mol. The zero-order chi connectivity index (χ0) is 10.8. The Labute approximate surface area is 88.0 Å². The largest absolute Gasteiger partial charge is 0.264 e.